The topological polar surface area (TPSA) is 0 Å². The summed E-state index contributed by atoms with van der Waals surface area (Å²) in [7, 11) is 0. The molecule has 0 aromatic heterocycles. The Morgan fingerprint density at radius 2 is 1.69 bits per heavy atom. The number of hydrogen-bond donors (Lipinski definition) is 0. The molecule has 0 amide bonds. The summed E-state index contributed by atoms with van der Waals surface area (Å²) >= 11 is 3.61. The number of rotatable bonds is 4. The first-order valence-electron chi connectivity index (χ1n) is 5.99. The second-order valence-electron chi connectivity index (χ2n) is 4.21. The minimum absolute atomic E-state index is 1.20. The molecular formula is C15H17Br. The third-order valence-corrected chi connectivity index (χ3v) is 3.70. The van der Waals surface area contributed by atoms with E-state index in [1.165, 1.54) is 46.5 Å². The Bertz CT molecular complexity index is 474. The molecule has 0 heterocycles. The highest BCUT2D eigenvalue weighted by atomic mass is 79.9. The van der Waals surface area contributed by atoms with Gasteiger partial charge in [-0.15, -0.1) is 0 Å². The first-order valence-corrected chi connectivity index (χ1v) is 6.78. The second kappa shape index (κ2) is 5.49. The van der Waals surface area contributed by atoms with Gasteiger partial charge >= 0.3 is 0 Å². The van der Waals surface area contributed by atoms with Crippen LogP contribution in [0.4, 0.5) is 0 Å². The molecule has 2 aromatic carbocycles. The van der Waals surface area contributed by atoms with Crippen molar-refractivity contribution in [2.75, 3.05) is 0 Å². The van der Waals surface area contributed by atoms with E-state index in [0.29, 0.717) is 0 Å². The van der Waals surface area contributed by atoms with Crippen molar-refractivity contribution in [1.82, 2.24) is 0 Å². The molecule has 1 heteroatoms. The predicted molar refractivity (Wildman–Crippen MR) is 74.9 cm³/mol. The van der Waals surface area contributed by atoms with Crippen LogP contribution in [0.15, 0.2) is 40.9 Å². The molecule has 0 aliphatic rings. The highest BCUT2D eigenvalue weighted by Gasteiger charge is 2.02. The normalized spacial score (nSPS) is 10.9. The van der Waals surface area contributed by atoms with Crippen molar-refractivity contribution in [3.8, 4) is 0 Å². The summed E-state index contributed by atoms with van der Waals surface area (Å²) in [5, 5.41) is 2.73. The van der Waals surface area contributed by atoms with Crippen molar-refractivity contribution in [3.05, 3.63) is 46.4 Å². The zero-order valence-corrected chi connectivity index (χ0v) is 11.3. The molecule has 0 N–H and O–H groups in total. The Labute approximate surface area is 106 Å². The van der Waals surface area contributed by atoms with Crippen LogP contribution in [0, 0.1) is 0 Å². The van der Waals surface area contributed by atoms with E-state index >= 15 is 0 Å². The minimum Gasteiger partial charge on any atom is -0.0654 e. The van der Waals surface area contributed by atoms with E-state index in [0.717, 1.165) is 0 Å². The number of hydrogen-bond acceptors (Lipinski definition) is 0. The van der Waals surface area contributed by atoms with Crippen LogP contribution in [-0.4, -0.2) is 0 Å². The van der Waals surface area contributed by atoms with Crippen LogP contribution in [0.5, 0.6) is 0 Å². The highest BCUT2D eigenvalue weighted by molar-refractivity contribution is 9.10. The average Bonchev–Trinajstić information content (AvgIpc) is 2.31. The van der Waals surface area contributed by atoms with E-state index in [1.807, 2.05) is 0 Å². The first kappa shape index (κ1) is 11.7. The van der Waals surface area contributed by atoms with Gasteiger partial charge in [-0.05, 0) is 35.2 Å². The van der Waals surface area contributed by atoms with Gasteiger partial charge in [0.15, 0.2) is 0 Å². The van der Waals surface area contributed by atoms with Gasteiger partial charge in [0.25, 0.3) is 0 Å². The van der Waals surface area contributed by atoms with Crippen molar-refractivity contribution < 1.29 is 0 Å². The molecule has 0 aliphatic heterocycles. The van der Waals surface area contributed by atoms with E-state index in [2.05, 4.69) is 59.3 Å². The third kappa shape index (κ3) is 2.46. The van der Waals surface area contributed by atoms with Crippen LogP contribution < -0.4 is 0 Å². The summed E-state index contributed by atoms with van der Waals surface area (Å²) < 4.78 is 1.20. The fourth-order valence-corrected chi connectivity index (χ4v) is 2.62. The van der Waals surface area contributed by atoms with Gasteiger partial charge < -0.3 is 0 Å². The van der Waals surface area contributed by atoms with Crippen LogP contribution >= 0.6 is 15.9 Å². The first-order chi connectivity index (χ1) is 7.83. The van der Waals surface area contributed by atoms with Crippen molar-refractivity contribution >= 4 is 26.7 Å². The maximum absolute atomic E-state index is 3.61. The van der Waals surface area contributed by atoms with Crippen molar-refractivity contribution in [2.24, 2.45) is 0 Å². The van der Waals surface area contributed by atoms with E-state index < -0.39 is 0 Å². The molecule has 2 aromatic rings. The van der Waals surface area contributed by atoms with Gasteiger partial charge in [0.1, 0.15) is 0 Å². The predicted octanol–water partition coefficient (Wildman–Crippen LogP) is 5.34. The summed E-state index contributed by atoms with van der Waals surface area (Å²) in [5.41, 5.74) is 1.48. The van der Waals surface area contributed by atoms with Gasteiger partial charge in [-0.2, -0.15) is 0 Å². The molecule has 84 valence electrons. The second-order valence-corrected chi connectivity index (χ2v) is 5.06. The number of aryl methyl sites for hydroxylation is 1. The van der Waals surface area contributed by atoms with E-state index in [-0.39, 0.29) is 0 Å². The van der Waals surface area contributed by atoms with E-state index in [1.54, 1.807) is 0 Å². The van der Waals surface area contributed by atoms with E-state index in [4.69, 9.17) is 0 Å². The molecular weight excluding hydrogens is 260 g/mol. The molecule has 0 spiro atoms. The average molecular weight is 277 g/mol. The minimum atomic E-state index is 1.20. The Kier molecular flexibility index (Phi) is 4.00. The Morgan fingerprint density at radius 3 is 2.50 bits per heavy atom. The Morgan fingerprint density at radius 1 is 0.938 bits per heavy atom. The van der Waals surface area contributed by atoms with Gasteiger partial charge in [0, 0.05) is 4.47 Å². The third-order valence-electron chi connectivity index (χ3n) is 3.01. The fourth-order valence-electron chi connectivity index (χ4n) is 2.12. The lowest BCUT2D eigenvalue weighted by Gasteiger charge is -2.07. The number of fused-ring (bicyclic) bond motifs is 1. The van der Waals surface area contributed by atoms with Crippen LogP contribution in [0.1, 0.15) is 31.7 Å². The molecule has 0 aliphatic carbocycles. The Balaban J connectivity index is 2.34. The summed E-state index contributed by atoms with van der Waals surface area (Å²) in [6.45, 7) is 2.25. The smallest absolute Gasteiger partial charge is 0.0253 e. The van der Waals surface area contributed by atoms with Gasteiger partial charge in [-0.3, -0.25) is 0 Å². The highest BCUT2D eigenvalue weighted by Crippen LogP contribution is 2.27. The maximum Gasteiger partial charge on any atom is 0.0253 e. The van der Waals surface area contributed by atoms with Gasteiger partial charge in [0.2, 0.25) is 0 Å². The molecule has 0 nitrogen and oxygen atoms in total. The van der Waals surface area contributed by atoms with Crippen molar-refractivity contribution in [1.29, 1.82) is 0 Å². The van der Waals surface area contributed by atoms with Crippen LogP contribution in [0.25, 0.3) is 10.8 Å². The molecule has 16 heavy (non-hydrogen) atoms. The SMILES string of the molecule is CCCCCc1cccc2c(Br)cccc12. The largest absolute Gasteiger partial charge is 0.0654 e. The Hall–Kier alpha value is -0.820. The fraction of sp³-hybridized carbons (Fsp3) is 0.333. The number of halogens is 1. The molecule has 0 fully saturated rings. The summed E-state index contributed by atoms with van der Waals surface area (Å²) in [4.78, 5) is 0. The van der Waals surface area contributed by atoms with Crippen LogP contribution in [0.3, 0.4) is 0 Å². The van der Waals surface area contributed by atoms with Crippen LogP contribution in [-0.2, 0) is 6.42 Å². The van der Waals surface area contributed by atoms with Crippen molar-refractivity contribution in [3.63, 3.8) is 0 Å². The zero-order chi connectivity index (χ0) is 11.4. The van der Waals surface area contributed by atoms with Gasteiger partial charge in [0.05, 0.1) is 0 Å². The quantitative estimate of drug-likeness (QED) is 0.662. The standard InChI is InChI=1S/C15H17Br/c1-2-3-4-7-12-8-5-10-14-13(12)9-6-11-15(14)16/h5-6,8-11H,2-4,7H2,1H3. The van der Waals surface area contributed by atoms with E-state index in [9.17, 15) is 0 Å². The molecule has 0 saturated carbocycles. The van der Waals surface area contributed by atoms with Crippen LogP contribution in [0.2, 0.25) is 0 Å². The molecule has 2 rings (SSSR count). The lowest BCUT2D eigenvalue weighted by atomic mass is 10.00. The molecule has 0 bridgehead atoms. The lowest BCUT2D eigenvalue weighted by molar-refractivity contribution is 0.719. The van der Waals surface area contributed by atoms with Gasteiger partial charge in [-0.25, -0.2) is 0 Å². The number of benzene rings is 2. The molecule has 0 saturated heterocycles. The molecule has 0 atom stereocenters. The monoisotopic (exact) mass is 276 g/mol. The zero-order valence-electron chi connectivity index (χ0n) is 9.67. The van der Waals surface area contributed by atoms with Crippen molar-refractivity contribution in [2.45, 2.75) is 32.6 Å². The summed E-state index contributed by atoms with van der Waals surface area (Å²) in [6.07, 6.45) is 5.10. The molecule has 0 radical (unpaired) electrons. The molecule has 0 unspecified atom stereocenters. The lowest BCUT2D eigenvalue weighted by Crippen LogP contribution is -1.88. The number of unbranched alkanes of at least 4 members (excludes halogenated alkanes) is 2. The summed E-state index contributed by atoms with van der Waals surface area (Å²) in [6, 6.07) is 13.1. The maximum atomic E-state index is 3.61. The van der Waals surface area contributed by atoms with Gasteiger partial charge in [-0.1, -0.05) is 66.0 Å². The summed E-state index contributed by atoms with van der Waals surface area (Å²) in [5.74, 6) is 0.